The second kappa shape index (κ2) is 8.65. The number of piperidine rings is 1. The first-order chi connectivity index (χ1) is 14.9. The number of nitro groups is 1. The number of benzene rings is 2. The second-order valence-electron chi connectivity index (χ2n) is 7.05. The number of ether oxygens (including phenoxy) is 1. The molecule has 2 aromatic carbocycles. The fourth-order valence-corrected chi connectivity index (χ4v) is 5.96. The van der Waals surface area contributed by atoms with E-state index in [0.717, 1.165) is 11.7 Å². The van der Waals surface area contributed by atoms with E-state index in [9.17, 15) is 23.3 Å². The zero-order valence-corrected chi connectivity index (χ0v) is 17.8. The standard InChI is InChI=1S/C19H18N4O6S2/c24-19(29-12-13-5-3-6-14(11-13)23(25)26)16-8-1-2-10-22(16)31(27,28)17-9-4-7-15-18(17)21-30-20-15/h3-7,9,11,16H,1-2,8,10,12H2. The largest absolute Gasteiger partial charge is 0.460 e. The SMILES string of the molecule is O=C(OCc1cccc([N+](=O)[O-])c1)C1CCCCN1S(=O)(=O)c1cccc2nsnc12. The summed E-state index contributed by atoms with van der Waals surface area (Å²) in [7, 11) is -4.01. The molecule has 162 valence electrons. The average molecular weight is 463 g/mol. The number of nitrogens with zero attached hydrogens (tertiary/aromatic N) is 4. The van der Waals surface area contributed by atoms with Gasteiger partial charge in [0.2, 0.25) is 10.0 Å². The Kier molecular flexibility index (Phi) is 5.94. The number of sulfonamides is 1. The van der Waals surface area contributed by atoms with Crippen LogP contribution in [0.15, 0.2) is 47.4 Å². The van der Waals surface area contributed by atoms with Gasteiger partial charge >= 0.3 is 5.97 Å². The zero-order chi connectivity index (χ0) is 22.0. The fourth-order valence-electron chi connectivity index (χ4n) is 3.55. The monoisotopic (exact) mass is 462 g/mol. The molecule has 0 saturated carbocycles. The lowest BCUT2D eigenvalue weighted by molar-refractivity contribution is -0.384. The highest BCUT2D eigenvalue weighted by Gasteiger charge is 2.39. The molecule has 0 bridgehead atoms. The molecule has 12 heteroatoms. The molecular formula is C19H18N4O6S2. The number of fused-ring (bicyclic) bond motifs is 1. The molecule has 4 rings (SSSR count). The lowest BCUT2D eigenvalue weighted by atomic mass is 10.1. The third-order valence-electron chi connectivity index (χ3n) is 5.06. The van der Waals surface area contributed by atoms with Gasteiger partial charge in [-0.05, 0) is 37.0 Å². The van der Waals surface area contributed by atoms with Gasteiger partial charge in [-0.2, -0.15) is 13.1 Å². The number of hydrogen-bond donors (Lipinski definition) is 0. The molecule has 31 heavy (non-hydrogen) atoms. The predicted molar refractivity (Wildman–Crippen MR) is 112 cm³/mol. The van der Waals surface area contributed by atoms with Crippen molar-refractivity contribution in [1.82, 2.24) is 13.1 Å². The highest BCUT2D eigenvalue weighted by molar-refractivity contribution is 7.89. The van der Waals surface area contributed by atoms with Crippen molar-refractivity contribution in [2.75, 3.05) is 6.54 Å². The number of carbonyl (C=O) groups excluding carboxylic acids is 1. The number of esters is 1. The molecule has 2 heterocycles. The Balaban J connectivity index is 1.56. The van der Waals surface area contributed by atoms with Gasteiger partial charge in [-0.25, -0.2) is 8.42 Å². The molecule has 0 radical (unpaired) electrons. The first-order valence-corrected chi connectivity index (χ1v) is 11.7. The van der Waals surface area contributed by atoms with Crippen molar-refractivity contribution in [2.45, 2.75) is 36.8 Å². The fraction of sp³-hybridized carbons (Fsp3) is 0.316. The van der Waals surface area contributed by atoms with E-state index < -0.39 is 27.0 Å². The highest BCUT2D eigenvalue weighted by Crippen LogP contribution is 2.30. The maximum atomic E-state index is 13.4. The van der Waals surface area contributed by atoms with Crippen LogP contribution >= 0.6 is 11.7 Å². The van der Waals surface area contributed by atoms with Gasteiger partial charge in [-0.15, -0.1) is 0 Å². The molecule has 1 fully saturated rings. The summed E-state index contributed by atoms with van der Waals surface area (Å²) in [5.41, 5.74) is 1.10. The van der Waals surface area contributed by atoms with Crippen LogP contribution in [0.1, 0.15) is 24.8 Å². The molecule has 1 saturated heterocycles. The topological polar surface area (TPSA) is 133 Å². The van der Waals surface area contributed by atoms with Crippen LogP contribution < -0.4 is 0 Å². The van der Waals surface area contributed by atoms with Gasteiger partial charge in [0.05, 0.1) is 16.7 Å². The summed E-state index contributed by atoms with van der Waals surface area (Å²) in [5.74, 6) is -0.682. The molecule has 1 aromatic heterocycles. The van der Waals surface area contributed by atoms with Crippen molar-refractivity contribution in [2.24, 2.45) is 0 Å². The van der Waals surface area contributed by atoms with Gasteiger partial charge in [0.15, 0.2) is 0 Å². The van der Waals surface area contributed by atoms with Gasteiger partial charge in [-0.1, -0.05) is 18.2 Å². The molecule has 0 aliphatic carbocycles. The lowest BCUT2D eigenvalue weighted by Gasteiger charge is -2.33. The summed E-state index contributed by atoms with van der Waals surface area (Å²) in [6.45, 7) is 0.00332. The zero-order valence-electron chi connectivity index (χ0n) is 16.2. The van der Waals surface area contributed by atoms with Crippen molar-refractivity contribution < 1.29 is 22.9 Å². The van der Waals surface area contributed by atoms with Crippen LogP contribution in [0.5, 0.6) is 0 Å². The van der Waals surface area contributed by atoms with E-state index in [1.54, 1.807) is 18.2 Å². The van der Waals surface area contributed by atoms with E-state index in [4.69, 9.17) is 4.74 Å². The molecule has 0 spiro atoms. The quantitative estimate of drug-likeness (QED) is 0.310. The number of carbonyl (C=O) groups is 1. The minimum absolute atomic E-state index is 0.0112. The Labute approximate surface area is 182 Å². The van der Waals surface area contributed by atoms with Crippen LogP contribution in [0.4, 0.5) is 5.69 Å². The molecule has 1 atom stereocenters. The number of rotatable bonds is 6. The highest BCUT2D eigenvalue weighted by atomic mass is 32.2. The van der Waals surface area contributed by atoms with Crippen molar-refractivity contribution in [1.29, 1.82) is 0 Å². The summed E-state index contributed by atoms with van der Waals surface area (Å²) in [5, 5.41) is 10.9. The molecule has 1 aliphatic rings. The molecule has 10 nitrogen and oxygen atoms in total. The van der Waals surface area contributed by atoms with Crippen molar-refractivity contribution in [3.63, 3.8) is 0 Å². The van der Waals surface area contributed by atoms with Crippen LogP contribution in [0.2, 0.25) is 0 Å². The minimum atomic E-state index is -4.01. The average Bonchev–Trinajstić information content (AvgIpc) is 3.26. The predicted octanol–water partition coefficient (Wildman–Crippen LogP) is 2.89. The Morgan fingerprint density at radius 3 is 2.84 bits per heavy atom. The lowest BCUT2D eigenvalue weighted by Crippen LogP contribution is -2.48. The Bertz CT molecular complexity index is 1240. The first kappa shape index (κ1) is 21.3. The van der Waals surface area contributed by atoms with Crippen LogP contribution in [0, 0.1) is 10.1 Å². The summed E-state index contributed by atoms with van der Waals surface area (Å²) in [6, 6.07) is 9.52. The molecule has 1 aliphatic heterocycles. The minimum Gasteiger partial charge on any atom is -0.460 e. The third kappa shape index (κ3) is 4.27. The van der Waals surface area contributed by atoms with E-state index in [1.807, 2.05) is 0 Å². The number of hydrogen-bond acceptors (Lipinski definition) is 9. The number of nitro benzene ring substituents is 1. The third-order valence-corrected chi connectivity index (χ3v) is 7.55. The van der Waals surface area contributed by atoms with Gasteiger partial charge in [0, 0.05) is 18.7 Å². The molecule has 1 unspecified atom stereocenters. The Hall–Kier alpha value is -2.96. The molecular weight excluding hydrogens is 444 g/mol. The Morgan fingerprint density at radius 1 is 1.23 bits per heavy atom. The number of aromatic nitrogens is 2. The van der Waals surface area contributed by atoms with Crippen LogP contribution in [0.25, 0.3) is 11.0 Å². The van der Waals surface area contributed by atoms with Crippen molar-refractivity contribution in [3.05, 3.63) is 58.1 Å². The van der Waals surface area contributed by atoms with E-state index in [2.05, 4.69) is 8.75 Å². The van der Waals surface area contributed by atoms with Crippen LogP contribution in [-0.2, 0) is 26.2 Å². The van der Waals surface area contributed by atoms with Crippen LogP contribution in [0.3, 0.4) is 0 Å². The van der Waals surface area contributed by atoms with Gasteiger partial charge in [0.1, 0.15) is 28.6 Å². The van der Waals surface area contributed by atoms with E-state index in [-0.39, 0.29) is 29.3 Å². The van der Waals surface area contributed by atoms with Gasteiger partial charge in [0.25, 0.3) is 5.69 Å². The van der Waals surface area contributed by atoms with Gasteiger partial charge < -0.3 is 4.74 Å². The summed E-state index contributed by atoms with van der Waals surface area (Å²) < 4.78 is 41.5. The van der Waals surface area contributed by atoms with E-state index in [1.165, 1.54) is 28.6 Å². The smallest absolute Gasteiger partial charge is 0.324 e. The number of non-ortho nitro benzene ring substituents is 1. The van der Waals surface area contributed by atoms with E-state index >= 15 is 0 Å². The van der Waals surface area contributed by atoms with Crippen molar-refractivity contribution >= 4 is 44.4 Å². The Morgan fingerprint density at radius 2 is 2.03 bits per heavy atom. The van der Waals surface area contributed by atoms with Crippen molar-refractivity contribution in [3.8, 4) is 0 Å². The maximum absolute atomic E-state index is 13.4. The summed E-state index contributed by atoms with van der Waals surface area (Å²) in [6.07, 6.45) is 1.64. The summed E-state index contributed by atoms with van der Waals surface area (Å²) in [4.78, 5) is 23.2. The normalized spacial score (nSPS) is 17.5. The van der Waals surface area contributed by atoms with Gasteiger partial charge in [-0.3, -0.25) is 14.9 Å². The summed E-state index contributed by atoms with van der Waals surface area (Å²) >= 11 is 0.923. The van der Waals surface area contributed by atoms with Crippen LogP contribution in [-0.4, -0.2) is 44.9 Å². The molecule has 0 amide bonds. The maximum Gasteiger partial charge on any atom is 0.324 e. The first-order valence-electron chi connectivity index (χ1n) is 9.51. The van der Waals surface area contributed by atoms with E-state index in [0.29, 0.717) is 30.3 Å². The molecule has 0 N–H and O–H groups in total. The second-order valence-corrected chi connectivity index (χ2v) is 9.44. The molecule has 3 aromatic rings.